The van der Waals surface area contributed by atoms with Crippen LogP contribution in [0.1, 0.15) is 25.3 Å². The van der Waals surface area contributed by atoms with E-state index in [1.165, 1.54) is 12.0 Å². The molecule has 0 spiro atoms. The maximum absolute atomic E-state index is 5.39. The number of morpholine rings is 1. The van der Waals surface area contributed by atoms with Crippen LogP contribution in [0.15, 0.2) is 33.7 Å². The zero-order valence-corrected chi connectivity index (χ0v) is 19.8. The Balaban J connectivity index is 0.00000338. The third kappa shape index (κ3) is 8.54. The molecule has 0 radical (unpaired) electrons. The van der Waals surface area contributed by atoms with Gasteiger partial charge in [-0.2, -0.15) is 0 Å². The monoisotopic (exact) mass is 538 g/mol. The van der Waals surface area contributed by atoms with Crippen LogP contribution in [0.5, 0.6) is 0 Å². The van der Waals surface area contributed by atoms with Crippen LogP contribution in [0.25, 0.3) is 0 Å². The topological polar surface area (TPSA) is 40.1 Å². The summed E-state index contributed by atoms with van der Waals surface area (Å²) in [6.45, 7) is 9.75. The van der Waals surface area contributed by atoms with Gasteiger partial charge in [0.25, 0.3) is 0 Å². The van der Waals surface area contributed by atoms with E-state index in [4.69, 9.17) is 9.73 Å². The van der Waals surface area contributed by atoms with Crippen molar-refractivity contribution >= 4 is 45.9 Å². The summed E-state index contributed by atoms with van der Waals surface area (Å²) in [7, 11) is 2.09. The summed E-state index contributed by atoms with van der Waals surface area (Å²) >= 11 is 3.62. The molecule has 1 aromatic rings. The van der Waals surface area contributed by atoms with Gasteiger partial charge in [0.15, 0.2) is 5.96 Å². The fourth-order valence-electron chi connectivity index (χ4n) is 2.88. The molecule has 7 heteroatoms. The van der Waals surface area contributed by atoms with Crippen molar-refractivity contribution in [3.05, 3.63) is 34.3 Å². The highest BCUT2D eigenvalue weighted by Gasteiger charge is 2.10. The number of hydrogen-bond acceptors (Lipinski definition) is 3. The Bertz CT molecular complexity index is 538. The quantitative estimate of drug-likeness (QED) is 0.238. The van der Waals surface area contributed by atoms with Crippen molar-refractivity contribution < 1.29 is 4.74 Å². The predicted octanol–water partition coefficient (Wildman–Crippen LogP) is 3.58. The van der Waals surface area contributed by atoms with Crippen LogP contribution < -0.4 is 5.32 Å². The predicted molar refractivity (Wildman–Crippen MR) is 123 cm³/mol. The molecule has 1 saturated heterocycles. The Morgan fingerprint density at radius 2 is 2.00 bits per heavy atom. The summed E-state index contributed by atoms with van der Waals surface area (Å²) in [5, 5.41) is 3.40. The first-order valence-electron chi connectivity index (χ1n) is 9.23. The molecule has 0 atom stereocenters. The van der Waals surface area contributed by atoms with Crippen molar-refractivity contribution in [2.75, 3.05) is 53.0 Å². The lowest BCUT2D eigenvalue weighted by Crippen LogP contribution is -2.38. The lowest BCUT2D eigenvalue weighted by atomic mass is 10.2. The molecule has 26 heavy (non-hydrogen) atoms. The zero-order chi connectivity index (χ0) is 17.9. The van der Waals surface area contributed by atoms with Gasteiger partial charge >= 0.3 is 0 Å². The van der Waals surface area contributed by atoms with Crippen molar-refractivity contribution in [1.29, 1.82) is 0 Å². The van der Waals surface area contributed by atoms with Crippen LogP contribution in [0, 0.1) is 0 Å². The zero-order valence-electron chi connectivity index (χ0n) is 15.9. The van der Waals surface area contributed by atoms with Gasteiger partial charge in [-0.15, -0.1) is 24.0 Å². The maximum Gasteiger partial charge on any atom is 0.193 e. The fourth-order valence-corrected chi connectivity index (χ4v) is 3.29. The number of unbranched alkanes of at least 4 members (excludes halogenated alkanes) is 1. The van der Waals surface area contributed by atoms with Gasteiger partial charge in [0.1, 0.15) is 0 Å². The maximum atomic E-state index is 5.39. The van der Waals surface area contributed by atoms with Crippen molar-refractivity contribution in [2.45, 2.75) is 26.3 Å². The first-order chi connectivity index (χ1) is 12.2. The van der Waals surface area contributed by atoms with Crippen molar-refractivity contribution in [1.82, 2.24) is 15.1 Å². The average molecular weight is 539 g/mol. The summed E-state index contributed by atoms with van der Waals surface area (Å²) < 4.78 is 6.53. The summed E-state index contributed by atoms with van der Waals surface area (Å²) in [5.41, 5.74) is 1.27. The Labute approximate surface area is 183 Å². The molecule has 1 N–H and O–H groups in total. The van der Waals surface area contributed by atoms with Gasteiger partial charge in [0, 0.05) is 44.2 Å². The highest BCUT2D eigenvalue weighted by Crippen LogP contribution is 2.17. The van der Waals surface area contributed by atoms with Gasteiger partial charge in [0.05, 0.1) is 13.2 Å². The molecule has 0 aliphatic carbocycles. The molecule has 0 aromatic heterocycles. The van der Waals surface area contributed by atoms with Gasteiger partial charge in [-0.05, 0) is 37.9 Å². The minimum Gasteiger partial charge on any atom is -0.379 e. The van der Waals surface area contributed by atoms with Crippen LogP contribution in [-0.2, 0) is 11.3 Å². The Kier molecular flexibility index (Phi) is 12.5. The second kappa shape index (κ2) is 13.7. The van der Waals surface area contributed by atoms with E-state index in [0.717, 1.165) is 69.3 Å². The molecule has 0 bridgehead atoms. The normalized spacial score (nSPS) is 15.4. The average Bonchev–Trinajstić information content (AvgIpc) is 2.63. The number of halogens is 2. The number of rotatable bonds is 8. The third-order valence-corrected chi connectivity index (χ3v) is 5.08. The molecule has 1 aliphatic heterocycles. The molecular formula is C19H32BrIN4O. The van der Waals surface area contributed by atoms with Crippen molar-refractivity contribution in [3.8, 4) is 0 Å². The van der Waals surface area contributed by atoms with Gasteiger partial charge in [-0.3, -0.25) is 9.89 Å². The molecule has 1 aromatic carbocycles. The van der Waals surface area contributed by atoms with Gasteiger partial charge in [-0.1, -0.05) is 34.1 Å². The third-order valence-electron chi connectivity index (χ3n) is 4.31. The van der Waals surface area contributed by atoms with E-state index < -0.39 is 0 Å². The van der Waals surface area contributed by atoms with E-state index in [2.05, 4.69) is 63.2 Å². The Morgan fingerprint density at radius 3 is 2.69 bits per heavy atom. The van der Waals surface area contributed by atoms with E-state index in [0.29, 0.717) is 0 Å². The van der Waals surface area contributed by atoms with Gasteiger partial charge < -0.3 is 15.0 Å². The number of benzene rings is 1. The second-order valence-electron chi connectivity index (χ2n) is 6.34. The first kappa shape index (κ1) is 23.7. The lowest BCUT2D eigenvalue weighted by Gasteiger charge is -2.26. The first-order valence-corrected chi connectivity index (χ1v) is 10.0. The van der Waals surface area contributed by atoms with E-state index in [1.807, 2.05) is 6.07 Å². The summed E-state index contributed by atoms with van der Waals surface area (Å²) in [5.74, 6) is 0.977. The molecule has 0 amide bonds. The van der Waals surface area contributed by atoms with E-state index in [-0.39, 0.29) is 24.0 Å². The van der Waals surface area contributed by atoms with E-state index in [9.17, 15) is 0 Å². The molecule has 148 valence electrons. The Hall–Kier alpha value is -0.380. The highest BCUT2D eigenvalue weighted by atomic mass is 127. The highest BCUT2D eigenvalue weighted by molar-refractivity contribution is 14.0. The molecule has 2 rings (SSSR count). The molecular weight excluding hydrogens is 507 g/mol. The SMILES string of the molecule is CCNC(=NCCCCN1CCOCC1)N(C)Cc1ccccc1Br.I. The summed E-state index contributed by atoms with van der Waals surface area (Å²) in [4.78, 5) is 9.46. The van der Waals surface area contributed by atoms with Gasteiger partial charge in [0.2, 0.25) is 0 Å². The fraction of sp³-hybridized carbons (Fsp3) is 0.632. The number of nitrogens with zero attached hydrogens (tertiary/aromatic N) is 3. The van der Waals surface area contributed by atoms with Crippen LogP contribution >= 0.6 is 39.9 Å². The minimum atomic E-state index is 0. The number of nitrogens with one attached hydrogen (secondary N) is 1. The number of guanidine groups is 1. The second-order valence-corrected chi connectivity index (χ2v) is 7.20. The van der Waals surface area contributed by atoms with Crippen LogP contribution in [0.2, 0.25) is 0 Å². The largest absolute Gasteiger partial charge is 0.379 e. The molecule has 1 heterocycles. The van der Waals surface area contributed by atoms with Crippen LogP contribution in [-0.4, -0.2) is 68.7 Å². The Morgan fingerprint density at radius 1 is 1.27 bits per heavy atom. The lowest BCUT2D eigenvalue weighted by molar-refractivity contribution is 0.0373. The molecule has 0 saturated carbocycles. The molecule has 0 unspecified atom stereocenters. The van der Waals surface area contributed by atoms with Crippen LogP contribution in [0.3, 0.4) is 0 Å². The summed E-state index contributed by atoms with van der Waals surface area (Å²) in [6, 6.07) is 8.34. The molecule has 1 aliphatic rings. The number of aliphatic imine (C=N–C) groups is 1. The molecule has 5 nitrogen and oxygen atoms in total. The number of hydrogen-bond donors (Lipinski definition) is 1. The smallest absolute Gasteiger partial charge is 0.193 e. The van der Waals surface area contributed by atoms with Crippen molar-refractivity contribution in [3.63, 3.8) is 0 Å². The minimum absolute atomic E-state index is 0. The van der Waals surface area contributed by atoms with Gasteiger partial charge in [-0.25, -0.2) is 0 Å². The van der Waals surface area contributed by atoms with E-state index >= 15 is 0 Å². The van der Waals surface area contributed by atoms with Crippen molar-refractivity contribution in [2.24, 2.45) is 4.99 Å². The summed E-state index contributed by atoms with van der Waals surface area (Å²) in [6.07, 6.45) is 2.31. The van der Waals surface area contributed by atoms with Crippen LogP contribution in [0.4, 0.5) is 0 Å². The molecule has 1 fully saturated rings. The van der Waals surface area contributed by atoms with E-state index in [1.54, 1.807) is 0 Å². The number of ether oxygens (including phenoxy) is 1. The standard InChI is InChI=1S/C19H31BrN4O.HI/c1-3-21-19(23(2)16-17-8-4-5-9-18(17)20)22-10-6-7-11-24-12-14-25-15-13-24;/h4-5,8-9H,3,6-7,10-16H2,1-2H3,(H,21,22);1H.